The van der Waals surface area contributed by atoms with Crippen LogP contribution >= 0.6 is 23.2 Å². The Bertz CT molecular complexity index is 607. The first-order chi connectivity index (χ1) is 10.0. The van der Waals surface area contributed by atoms with E-state index in [2.05, 4.69) is 0 Å². The van der Waals surface area contributed by atoms with Gasteiger partial charge in [0.05, 0.1) is 13.2 Å². The fourth-order valence-electron chi connectivity index (χ4n) is 2.30. The van der Waals surface area contributed by atoms with Crippen LogP contribution in [0.25, 0.3) is 0 Å². The van der Waals surface area contributed by atoms with Crippen LogP contribution in [0.3, 0.4) is 0 Å². The highest BCUT2D eigenvalue weighted by Crippen LogP contribution is 2.34. The van der Waals surface area contributed by atoms with Gasteiger partial charge in [0.2, 0.25) is 0 Å². The molecule has 0 radical (unpaired) electrons. The topological polar surface area (TPSA) is 40.5 Å². The zero-order valence-corrected chi connectivity index (χ0v) is 12.7. The van der Waals surface area contributed by atoms with Crippen LogP contribution in [-0.4, -0.2) is 23.4 Å². The normalized spacial score (nSPS) is 11.7. The molecule has 0 amide bonds. The molecule has 0 saturated heterocycles. The van der Waals surface area contributed by atoms with Crippen molar-refractivity contribution in [1.29, 1.82) is 0 Å². The van der Waals surface area contributed by atoms with Gasteiger partial charge in [0, 0.05) is 15.5 Å². The maximum atomic E-state index is 13.5. The molecular weight excluding hydrogens is 314 g/mol. The van der Waals surface area contributed by atoms with Crippen molar-refractivity contribution in [3.63, 3.8) is 0 Å². The van der Waals surface area contributed by atoms with Gasteiger partial charge in [0.15, 0.2) is 0 Å². The number of hydrogen-bond acceptors (Lipinski definition) is 2. The first kappa shape index (κ1) is 16.2. The average molecular weight is 329 g/mol. The SMILES string of the molecule is OCC(CO)(Cc1c(Cl)cccc1Cl)c1cccc(F)c1. The molecule has 2 N–H and O–H groups in total. The second-order valence-electron chi connectivity index (χ2n) is 4.98. The lowest BCUT2D eigenvalue weighted by Gasteiger charge is -2.31. The molecule has 112 valence electrons. The van der Waals surface area contributed by atoms with Crippen molar-refractivity contribution in [2.75, 3.05) is 13.2 Å². The van der Waals surface area contributed by atoms with E-state index in [0.29, 0.717) is 21.2 Å². The van der Waals surface area contributed by atoms with Crippen molar-refractivity contribution in [1.82, 2.24) is 0 Å². The molecule has 0 fully saturated rings. The summed E-state index contributed by atoms with van der Waals surface area (Å²) >= 11 is 12.3. The van der Waals surface area contributed by atoms with Gasteiger partial charge in [-0.3, -0.25) is 0 Å². The molecule has 21 heavy (non-hydrogen) atoms. The number of halogens is 3. The van der Waals surface area contributed by atoms with Crippen molar-refractivity contribution in [3.05, 3.63) is 69.5 Å². The molecule has 0 aliphatic carbocycles. The molecule has 2 rings (SSSR count). The van der Waals surface area contributed by atoms with E-state index in [1.54, 1.807) is 30.3 Å². The Labute approximate surface area is 132 Å². The Balaban J connectivity index is 2.48. The number of rotatable bonds is 5. The molecule has 0 unspecified atom stereocenters. The highest BCUT2D eigenvalue weighted by molar-refractivity contribution is 6.36. The quantitative estimate of drug-likeness (QED) is 0.880. The minimum absolute atomic E-state index is 0.210. The third-order valence-electron chi connectivity index (χ3n) is 3.62. The van der Waals surface area contributed by atoms with Gasteiger partial charge < -0.3 is 10.2 Å². The Morgan fingerprint density at radius 2 is 1.52 bits per heavy atom. The monoisotopic (exact) mass is 328 g/mol. The fourth-order valence-corrected chi connectivity index (χ4v) is 2.84. The molecule has 0 aromatic heterocycles. The highest BCUT2D eigenvalue weighted by Gasteiger charge is 2.33. The largest absolute Gasteiger partial charge is 0.395 e. The third-order valence-corrected chi connectivity index (χ3v) is 4.33. The molecule has 0 heterocycles. The molecule has 0 spiro atoms. The second kappa shape index (κ2) is 6.75. The van der Waals surface area contributed by atoms with Crippen LogP contribution in [0.1, 0.15) is 11.1 Å². The van der Waals surface area contributed by atoms with Crippen LogP contribution in [-0.2, 0) is 11.8 Å². The van der Waals surface area contributed by atoms with Crippen LogP contribution < -0.4 is 0 Å². The fraction of sp³-hybridized carbons (Fsp3) is 0.250. The van der Waals surface area contributed by atoms with Gasteiger partial charge in [-0.1, -0.05) is 41.4 Å². The summed E-state index contributed by atoms with van der Waals surface area (Å²) in [4.78, 5) is 0. The van der Waals surface area contributed by atoms with Crippen molar-refractivity contribution in [2.45, 2.75) is 11.8 Å². The van der Waals surface area contributed by atoms with E-state index < -0.39 is 11.2 Å². The van der Waals surface area contributed by atoms with Crippen molar-refractivity contribution in [3.8, 4) is 0 Å². The Morgan fingerprint density at radius 1 is 0.952 bits per heavy atom. The molecule has 5 heteroatoms. The van der Waals surface area contributed by atoms with Crippen LogP contribution in [0.5, 0.6) is 0 Å². The van der Waals surface area contributed by atoms with E-state index in [9.17, 15) is 14.6 Å². The van der Waals surface area contributed by atoms with Crippen LogP contribution in [0.4, 0.5) is 4.39 Å². The summed E-state index contributed by atoms with van der Waals surface area (Å²) in [6.45, 7) is -0.705. The summed E-state index contributed by atoms with van der Waals surface area (Å²) < 4.78 is 13.5. The molecule has 2 aromatic rings. The minimum Gasteiger partial charge on any atom is -0.395 e. The molecular formula is C16H15Cl2FO2. The van der Waals surface area contributed by atoms with E-state index >= 15 is 0 Å². The third kappa shape index (κ3) is 3.38. The maximum Gasteiger partial charge on any atom is 0.123 e. The van der Waals surface area contributed by atoms with E-state index in [4.69, 9.17) is 23.2 Å². The Kier molecular flexibility index (Phi) is 5.22. The van der Waals surface area contributed by atoms with Gasteiger partial charge in [-0.15, -0.1) is 0 Å². The molecule has 0 bridgehead atoms. The average Bonchev–Trinajstić information content (AvgIpc) is 2.48. The van der Waals surface area contributed by atoms with Gasteiger partial charge >= 0.3 is 0 Å². The lowest BCUT2D eigenvalue weighted by molar-refractivity contribution is 0.116. The Morgan fingerprint density at radius 3 is 2.05 bits per heavy atom. The zero-order chi connectivity index (χ0) is 15.5. The number of aliphatic hydroxyl groups is 2. The zero-order valence-electron chi connectivity index (χ0n) is 11.2. The van der Waals surface area contributed by atoms with E-state index in [-0.39, 0.29) is 19.6 Å². The van der Waals surface area contributed by atoms with Crippen molar-refractivity contribution < 1.29 is 14.6 Å². The lowest BCUT2D eigenvalue weighted by Crippen LogP contribution is -2.37. The summed E-state index contributed by atoms with van der Waals surface area (Å²) in [6, 6.07) is 10.9. The standard InChI is InChI=1S/C16H15Cl2FO2/c17-14-5-2-6-15(18)13(14)8-16(9-20,10-21)11-3-1-4-12(19)7-11/h1-7,20-21H,8-10H2. The number of aliphatic hydroxyl groups excluding tert-OH is 2. The van der Waals surface area contributed by atoms with Gasteiger partial charge in [-0.2, -0.15) is 0 Å². The predicted molar refractivity (Wildman–Crippen MR) is 82.4 cm³/mol. The molecule has 0 saturated carbocycles. The van der Waals surface area contributed by atoms with Gasteiger partial charge in [0.1, 0.15) is 5.82 Å². The molecule has 2 nitrogen and oxygen atoms in total. The second-order valence-corrected chi connectivity index (χ2v) is 5.80. The molecule has 2 aromatic carbocycles. The molecule has 0 atom stereocenters. The lowest BCUT2D eigenvalue weighted by atomic mass is 9.76. The maximum absolute atomic E-state index is 13.5. The Hall–Kier alpha value is -1.13. The van der Waals surface area contributed by atoms with Crippen molar-refractivity contribution in [2.24, 2.45) is 0 Å². The van der Waals surface area contributed by atoms with Gasteiger partial charge in [-0.05, 0) is 41.8 Å². The van der Waals surface area contributed by atoms with Crippen LogP contribution in [0, 0.1) is 5.82 Å². The highest BCUT2D eigenvalue weighted by atomic mass is 35.5. The van der Waals surface area contributed by atoms with E-state index in [0.717, 1.165) is 0 Å². The molecule has 0 aliphatic heterocycles. The van der Waals surface area contributed by atoms with Crippen molar-refractivity contribution >= 4 is 23.2 Å². The summed E-state index contributed by atoms with van der Waals surface area (Å²) in [5, 5.41) is 20.5. The van der Waals surface area contributed by atoms with Crippen LogP contribution in [0.2, 0.25) is 10.0 Å². The van der Waals surface area contributed by atoms with E-state index in [1.807, 2.05) is 0 Å². The summed E-state index contributed by atoms with van der Waals surface area (Å²) in [6.07, 6.45) is 0.210. The first-order valence-electron chi connectivity index (χ1n) is 6.43. The van der Waals surface area contributed by atoms with Gasteiger partial charge in [-0.25, -0.2) is 4.39 Å². The number of hydrogen-bond donors (Lipinski definition) is 2. The summed E-state index contributed by atoms with van der Waals surface area (Å²) in [7, 11) is 0. The minimum atomic E-state index is -1.04. The first-order valence-corrected chi connectivity index (χ1v) is 7.18. The summed E-state index contributed by atoms with van der Waals surface area (Å²) in [5.41, 5.74) is 0.0770. The summed E-state index contributed by atoms with van der Waals surface area (Å²) in [5.74, 6) is -0.427. The van der Waals surface area contributed by atoms with Gasteiger partial charge in [0.25, 0.3) is 0 Å². The van der Waals surface area contributed by atoms with Crippen LogP contribution in [0.15, 0.2) is 42.5 Å². The number of benzene rings is 2. The predicted octanol–water partition coefficient (Wildman–Crippen LogP) is 3.60. The van der Waals surface area contributed by atoms with E-state index in [1.165, 1.54) is 12.1 Å². The smallest absolute Gasteiger partial charge is 0.123 e. The molecule has 0 aliphatic rings.